The summed E-state index contributed by atoms with van der Waals surface area (Å²) in [5, 5.41) is 13.1. The second-order valence-electron chi connectivity index (χ2n) is 6.97. The van der Waals surface area contributed by atoms with E-state index in [1.54, 1.807) is 14.0 Å². The van der Waals surface area contributed by atoms with Crippen molar-refractivity contribution in [3.63, 3.8) is 0 Å². The Balaban J connectivity index is 1.46. The van der Waals surface area contributed by atoms with Crippen molar-refractivity contribution in [2.24, 2.45) is 29.6 Å². The lowest BCUT2D eigenvalue weighted by molar-refractivity contribution is -0.124. The largest absolute Gasteiger partial charge is 0.388 e. The minimum atomic E-state index is -0.866. The van der Waals surface area contributed by atoms with Crippen LogP contribution in [0.5, 0.6) is 0 Å². The molecule has 0 spiro atoms. The lowest BCUT2D eigenvalue weighted by atomic mass is 10.0. The lowest BCUT2D eigenvalue weighted by Crippen LogP contribution is -2.42. The highest BCUT2D eigenvalue weighted by Crippen LogP contribution is 2.69. The summed E-state index contributed by atoms with van der Waals surface area (Å²) in [6.45, 7) is 2.60. The number of nitrogens with one attached hydrogen (secondary N) is 1. The van der Waals surface area contributed by atoms with Crippen molar-refractivity contribution in [1.82, 2.24) is 5.32 Å². The zero-order valence-corrected chi connectivity index (χ0v) is 11.9. The molecule has 0 aromatic heterocycles. The third kappa shape index (κ3) is 2.40. The second-order valence-corrected chi connectivity index (χ2v) is 6.97. The van der Waals surface area contributed by atoms with Crippen LogP contribution in [-0.2, 0) is 9.53 Å². The number of aliphatic hydroxyl groups is 1. The van der Waals surface area contributed by atoms with Crippen molar-refractivity contribution in [1.29, 1.82) is 0 Å². The quantitative estimate of drug-likeness (QED) is 0.760. The number of fused-ring (bicyclic) bond motifs is 5. The van der Waals surface area contributed by atoms with Crippen molar-refractivity contribution in [2.75, 3.05) is 20.3 Å². The summed E-state index contributed by atoms with van der Waals surface area (Å²) in [6.07, 6.45) is 4.58. The topological polar surface area (TPSA) is 58.6 Å². The molecule has 0 heterocycles. The van der Waals surface area contributed by atoms with E-state index in [0.717, 1.165) is 11.8 Å². The number of carbonyl (C=O) groups excluding carboxylic acids is 1. The van der Waals surface area contributed by atoms with Gasteiger partial charge in [0.15, 0.2) is 0 Å². The van der Waals surface area contributed by atoms with Crippen LogP contribution in [0.15, 0.2) is 0 Å². The Labute approximate surface area is 114 Å². The Morgan fingerprint density at radius 1 is 1.37 bits per heavy atom. The molecule has 0 aromatic carbocycles. The Hall–Kier alpha value is -0.610. The zero-order valence-electron chi connectivity index (χ0n) is 11.9. The van der Waals surface area contributed by atoms with Gasteiger partial charge in [-0.3, -0.25) is 4.79 Å². The van der Waals surface area contributed by atoms with Crippen LogP contribution in [0, 0.1) is 29.6 Å². The van der Waals surface area contributed by atoms with Gasteiger partial charge < -0.3 is 15.2 Å². The highest BCUT2D eigenvalue weighted by Gasteiger charge is 2.67. The first kappa shape index (κ1) is 13.4. The maximum Gasteiger partial charge on any atom is 0.223 e. The van der Waals surface area contributed by atoms with E-state index >= 15 is 0 Å². The molecule has 3 saturated carbocycles. The Kier molecular flexibility index (Phi) is 3.34. The van der Waals surface area contributed by atoms with Crippen LogP contribution >= 0.6 is 0 Å². The summed E-state index contributed by atoms with van der Waals surface area (Å²) in [7, 11) is 1.62. The molecule has 4 heteroatoms. The Morgan fingerprint density at radius 2 is 2.00 bits per heavy atom. The molecule has 3 rings (SSSR count). The van der Waals surface area contributed by atoms with Crippen LogP contribution < -0.4 is 5.32 Å². The SMILES string of the molecule is COCCC(C)(O)CNC(=O)C1C2C3CCC(C3)C12. The summed E-state index contributed by atoms with van der Waals surface area (Å²) in [5.74, 6) is 3.40. The van der Waals surface area contributed by atoms with E-state index in [-0.39, 0.29) is 11.8 Å². The van der Waals surface area contributed by atoms with Crippen molar-refractivity contribution in [2.45, 2.75) is 38.2 Å². The van der Waals surface area contributed by atoms with Gasteiger partial charge in [-0.2, -0.15) is 0 Å². The minimum absolute atomic E-state index is 0.171. The highest BCUT2D eigenvalue weighted by molar-refractivity contribution is 5.82. The van der Waals surface area contributed by atoms with Crippen molar-refractivity contribution >= 4 is 5.91 Å². The van der Waals surface area contributed by atoms with Crippen LogP contribution in [0.25, 0.3) is 0 Å². The monoisotopic (exact) mass is 267 g/mol. The third-order valence-corrected chi connectivity index (χ3v) is 5.53. The van der Waals surface area contributed by atoms with Crippen molar-refractivity contribution in [3.8, 4) is 0 Å². The molecule has 1 amide bonds. The molecule has 0 aromatic rings. The molecule has 5 unspecified atom stereocenters. The summed E-state index contributed by atoms with van der Waals surface area (Å²) in [6, 6.07) is 0. The molecule has 0 saturated heterocycles. The molecule has 3 aliphatic carbocycles. The number of amides is 1. The van der Waals surface area contributed by atoms with Crippen LogP contribution in [0.3, 0.4) is 0 Å². The van der Waals surface area contributed by atoms with Gasteiger partial charge in [0.2, 0.25) is 5.91 Å². The molecule has 2 bridgehead atoms. The van der Waals surface area contributed by atoms with Crippen molar-refractivity contribution < 1.29 is 14.6 Å². The lowest BCUT2D eigenvalue weighted by Gasteiger charge is -2.23. The first-order chi connectivity index (χ1) is 9.03. The van der Waals surface area contributed by atoms with E-state index in [0.29, 0.717) is 31.4 Å². The number of methoxy groups -OCH3 is 1. The van der Waals surface area contributed by atoms with Crippen LogP contribution in [0.4, 0.5) is 0 Å². The van der Waals surface area contributed by atoms with Crippen LogP contribution in [0.2, 0.25) is 0 Å². The van der Waals surface area contributed by atoms with E-state index in [2.05, 4.69) is 5.32 Å². The van der Waals surface area contributed by atoms with E-state index in [1.165, 1.54) is 19.3 Å². The fourth-order valence-electron chi connectivity index (χ4n) is 4.48. The number of carbonyl (C=O) groups is 1. The van der Waals surface area contributed by atoms with Gasteiger partial charge in [-0.05, 0) is 49.9 Å². The van der Waals surface area contributed by atoms with Gasteiger partial charge in [0.25, 0.3) is 0 Å². The molecule has 108 valence electrons. The van der Waals surface area contributed by atoms with Gasteiger partial charge in [0.05, 0.1) is 5.60 Å². The summed E-state index contributed by atoms with van der Waals surface area (Å²) >= 11 is 0. The molecular formula is C15H25NO3. The zero-order chi connectivity index (χ0) is 13.6. The number of hydrogen-bond acceptors (Lipinski definition) is 3. The fourth-order valence-corrected chi connectivity index (χ4v) is 4.48. The minimum Gasteiger partial charge on any atom is -0.388 e. The molecule has 2 N–H and O–H groups in total. The highest BCUT2D eigenvalue weighted by atomic mass is 16.5. The van der Waals surface area contributed by atoms with Gasteiger partial charge in [0.1, 0.15) is 0 Å². The molecule has 19 heavy (non-hydrogen) atoms. The maximum absolute atomic E-state index is 12.2. The van der Waals surface area contributed by atoms with Crippen LogP contribution in [-0.4, -0.2) is 36.9 Å². The van der Waals surface area contributed by atoms with Gasteiger partial charge in [-0.1, -0.05) is 0 Å². The van der Waals surface area contributed by atoms with Gasteiger partial charge in [-0.15, -0.1) is 0 Å². The summed E-state index contributed by atoms with van der Waals surface area (Å²) < 4.78 is 4.97. The van der Waals surface area contributed by atoms with E-state index in [9.17, 15) is 9.90 Å². The first-order valence-electron chi connectivity index (χ1n) is 7.52. The second kappa shape index (κ2) is 4.74. The van der Waals surface area contributed by atoms with E-state index in [1.807, 2.05) is 0 Å². The van der Waals surface area contributed by atoms with Gasteiger partial charge >= 0.3 is 0 Å². The fraction of sp³-hybridized carbons (Fsp3) is 0.933. The molecule has 0 radical (unpaired) electrons. The summed E-state index contributed by atoms with van der Waals surface area (Å²) in [4.78, 5) is 12.2. The predicted molar refractivity (Wildman–Crippen MR) is 71.4 cm³/mol. The molecule has 4 nitrogen and oxygen atoms in total. The van der Waals surface area contributed by atoms with Crippen LogP contribution in [0.1, 0.15) is 32.6 Å². The molecule has 5 atom stereocenters. The normalized spacial score (nSPS) is 41.7. The smallest absolute Gasteiger partial charge is 0.223 e. The third-order valence-electron chi connectivity index (χ3n) is 5.53. The first-order valence-corrected chi connectivity index (χ1v) is 7.52. The number of hydrogen-bond donors (Lipinski definition) is 2. The average Bonchev–Trinajstić information content (AvgIpc) is 2.82. The van der Waals surface area contributed by atoms with Gasteiger partial charge in [-0.25, -0.2) is 0 Å². The Morgan fingerprint density at radius 3 is 2.58 bits per heavy atom. The molecule has 0 aliphatic heterocycles. The Bertz CT molecular complexity index is 352. The molecular weight excluding hydrogens is 242 g/mol. The summed E-state index contributed by atoms with van der Waals surface area (Å²) in [5.41, 5.74) is -0.866. The average molecular weight is 267 g/mol. The molecule has 3 fully saturated rings. The predicted octanol–water partition coefficient (Wildman–Crippen LogP) is 1.18. The van der Waals surface area contributed by atoms with E-state index in [4.69, 9.17) is 4.74 Å². The number of rotatable bonds is 6. The molecule has 3 aliphatic rings. The standard InChI is InChI=1S/C15H25NO3/c1-15(18,5-6-19-2)8-16-14(17)13-11-9-3-4-10(7-9)12(11)13/h9-13,18H,3-8H2,1-2H3,(H,16,17). The van der Waals surface area contributed by atoms with Crippen molar-refractivity contribution in [3.05, 3.63) is 0 Å². The van der Waals surface area contributed by atoms with Gasteiger partial charge in [0, 0.05) is 32.6 Å². The van der Waals surface area contributed by atoms with E-state index < -0.39 is 5.60 Å². The number of ether oxygens (including phenoxy) is 1. The maximum atomic E-state index is 12.2.